The highest BCUT2D eigenvalue weighted by Gasteiger charge is 2.20. The second-order valence-corrected chi connectivity index (χ2v) is 5.01. The summed E-state index contributed by atoms with van der Waals surface area (Å²) >= 11 is 0. The highest BCUT2D eigenvalue weighted by molar-refractivity contribution is 5.75. The van der Waals surface area contributed by atoms with Crippen LogP contribution in [0.15, 0.2) is 18.2 Å². The Hall–Kier alpha value is -1.55. The van der Waals surface area contributed by atoms with Crippen molar-refractivity contribution in [3.05, 3.63) is 29.3 Å². The van der Waals surface area contributed by atoms with Crippen molar-refractivity contribution < 1.29 is 9.90 Å². The Kier molecular flexibility index (Phi) is 4.12. The lowest BCUT2D eigenvalue weighted by Gasteiger charge is -2.25. The van der Waals surface area contributed by atoms with Crippen molar-refractivity contribution in [2.45, 2.75) is 39.3 Å². The van der Waals surface area contributed by atoms with Gasteiger partial charge in [-0.1, -0.05) is 17.7 Å². The average molecular weight is 236 g/mol. The molecule has 0 bridgehead atoms. The SMILES string of the molecule is Cc1ccc(O)c(CNC(C)(C)CC(N)=O)c1. The molecule has 0 unspecified atom stereocenters. The number of carbonyl (C=O) groups excluding carboxylic acids is 1. The molecule has 0 saturated heterocycles. The molecule has 0 atom stereocenters. The zero-order chi connectivity index (χ0) is 13.1. The summed E-state index contributed by atoms with van der Waals surface area (Å²) in [5, 5.41) is 12.9. The van der Waals surface area contributed by atoms with Crippen LogP contribution in [-0.4, -0.2) is 16.6 Å². The van der Waals surface area contributed by atoms with E-state index in [1.165, 1.54) is 0 Å². The van der Waals surface area contributed by atoms with Gasteiger partial charge in [-0.25, -0.2) is 0 Å². The van der Waals surface area contributed by atoms with Gasteiger partial charge in [0.25, 0.3) is 0 Å². The Bertz CT molecular complexity index is 414. The lowest BCUT2D eigenvalue weighted by Crippen LogP contribution is -2.42. The van der Waals surface area contributed by atoms with Gasteiger partial charge in [0.1, 0.15) is 5.75 Å². The molecule has 0 spiro atoms. The van der Waals surface area contributed by atoms with Gasteiger partial charge in [0.05, 0.1) is 0 Å². The maximum atomic E-state index is 10.9. The van der Waals surface area contributed by atoms with E-state index in [0.29, 0.717) is 6.54 Å². The molecule has 0 aliphatic heterocycles. The first-order valence-electron chi connectivity index (χ1n) is 5.62. The molecule has 0 heterocycles. The second kappa shape index (κ2) is 5.19. The third kappa shape index (κ3) is 4.44. The van der Waals surface area contributed by atoms with Gasteiger partial charge >= 0.3 is 0 Å². The van der Waals surface area contributed by atoms with Gasteiger partial charge in [0.15, 0.2) is 0 Å². The van der Waals surface area contributed by atoms with Crippen LogP contribution in [0, 0.1) is 6.92 Å². The molecule has 4 N–H and O–H groups in total. The zero-order valence-electron chi connectivity index (χ0n) is 10.6. The number of hydrogen-bond donors (Lipinski definition) is 3. The number of benzene rings is 1. The Labute approximate surface area is 102 Å². The number of phenolic OH excluding ortho intramolecular Hbond substituents is 1. The van der Waals surface area contributed by atoms with Crippen LogP contribution in [0.1, 0.15) is 31.4 Å². The standard InChI is InChI=1S/C13H20N2O2/c1-9-4-5-11(16)10(6-9)8-15-13(2,3)7-12(14)17/h4-6,15-16H,7-8H2,1-3H3,(H2,14,17). The normalized spacial score (nSPS) is 11.5. The Morgan fingerprint density at radius 2 is 2.12 bits per heavy atom. The number of amides is 1. The number of nitrogens with one attached hydrogen (secondary N) is 1. The number of primary amides is 1. The molecule has 0 radical (unpaired) electrons. The lowest BCUT2D eigenvalue weighted by atomic mass is 9.99. The fourth-order valence-electron chi connectivity index (χ4n) is 1.69. The molecule has 0 aliphatic carbocycles. The molecule has 4 heteroatoms. The summed E-state index contributed by atoms with van der Waals surface area (Å²) in [6.45, 7) is 6.29. The van der Waals surface area contributed by atoms with Crippen LogP contribution in [0.3, 0.4) is 0 Å². The number of carbonyl (C=O) groups is 1. The Morgan fingerprint density at radius 1 is 1.47 bits per heavy atom. The smallest absolute Gasteiger partial charge is 0.219 e. The van der Waals surface area contributed by atoms with Gasteiger partial charge in [-0.3, -0.25) is 4.79 Å². The first-order valence-corrected chi connectivity index (χ1v) is 5.62. The second-order valence-electron chi connectivity index (χ2n) is 5.01. The highest BCUT2D eigenvalue weighted by atomic mass is 16.3. The summed E-state index contributed by atoms with van der Waals surface area (Å²) in [6, 6.07) is 5.45. The van der Waals surface area contributed by atoms with Gasteiger partial charge < -0.3 is 16.2 Å². The molecule has 1 rings (SSSR count). The van der Waals surface area contributed by atoms with Crippen LogP contribution < -0.4 is 11.1 Å². The van der Waals surface area contributed by atoms with Gasteiger partial charge in [0, 0.05) is 24.1 Å². The molecule has 4 nitrogen and oxygen atoms in total. The predicted molar refractivity (Wildman–Crippen MR) is 67.6 cm³/mol. The van der Waals surface area contributed by atoms with E-state index in [1.807, 2.05) is 32.9 Å². The lowest BCUT2D eigenvalue weighted by molar-refractivity contribution is -0.119. The van der Waals surface area contributed by atoms with E-state index < -0.39 is 0 Å². The number of rotatable bonds is 5. The molecule has 0 fully saturated rings. The zero-order valence-corrected chi connectivity index (χ0v) is 10.6. The van der Waals surface area contributed by atoms with Crippen molar-refractivity contribution in [3.63, 3.8) is 0 Å². The Morgan fingerprint density at radius 3 is 2.71 bits per heavy atom. The van der Waals surface area contributed by atoms with Crippen molar-refractivity contribution in [1.82, 2.24) is 5.32 Å². The molecule has 0 aliphatic rings. The highest BCUT2D eigenvalue weighted by Crippen LogP contribution is 2.19. The Balaban J connectivity index is 2.66. The number of aryl methyl sites for hydroxylation is 1. The molecular formula is C13H20N2O2. The van der Waals surface area contributed by atoms with Crippen LogP contribution in [0.25, 0.3) is 0 Å². The summed E-state index contributed by atoms with van der Waals surface area (Å²) in [6.07, 6.45) is 0.263. The van der Waals surface area contributed by atoms with Crippen LogP contribution in [0.5, 0.6) is 5.75 Å². The van der Waals surface area contributed by atoms with Gasteiger partial charge in [-0.15, -0.1) is 0 Å². The van der Waals surface area contributed by atoms with Crippen LogP contribution >= 0.6 is 0 Å². The molecule has 0 aromatic heterocycles. The van der Waals surface area contributed by atoms with Gasteiger partial charge in [-0.05, 0) is 26.8 Å². The third-order valence-corrected chi connectivity index (χ3v) is 2.61. The first kappa shape index (κ1) is 13.5. The van der Waals surface area contributed by atoms with Crippen molar-refractivity contribution in [2.24, 2.45) is 5.73 Å². The maximum Gasteiger partial charge on any atom is 0.219 e. The summed E-state index contributed by atoms with van der Waals surface area (Å²) in [4.78, 5) is 10.9. The van der Waals surface area contributed by atoms with Gasteiger partial charge in [-0.2, -0.15) is 0 Å². The molecule has 1 amide bonds. The van der Waals surface area contributed by atoms with Crippen LogP contribution in [-0.2, 0) is 11.3 Å². The fourth-order valence-corrected chi connectivity index (χ4v) is 1.69. The number of phenols is 1. The third-order valence-electron chi connectivity index (χ3n) is 2.61. The maximum absolute atomic E-state index is 10.9. The molecule has 0 saturated carbocycles. The van der Waals surface area contributed by atoms with Crippen LogP contribution in [0.4, 0.5) is 0 Å². The predicted octanol–water partition coefficient (Wildman–Crippen LogP) is 1.44. The topological polar surface area (TPSA) is 75.3 Å². The minimum atomic E-state index is -0.373. The van der Waals surface area contributed by atoms with E-state index in [2.05, 4.69) is 5.32 Å². The van der Waals surface area contributed by atoms with E-state index in [-0.39, 0.29) is 23.6 Å². The van der Waals surface area contributed by atoms with Crippen molar-refractivity contribution in [3.8, 4) is 5.75 Å². The largest absolute Gasteiger partial charge is 0.508 e. The fraction of sp³-hybridized carbons (Fsp3) is 0.462. The minimum Gasteiger partial charge on any atom is -0.508 e. The monoisotopic (exact) mass is 236 g/mol. The summed E-state index contributed by atoms with van der Waals surface area (Å²) < 4.78 is 0. The number of hydrogen-bond acceptors (Lipinski definition) is 3. The van der Waals surface area contributed by atoms with E-state index in [4.69, 9.17) is 5.73 Å². The first-order chi connectivity index (χ1) is 7.80. The number of aromatic hydroxyl groups is 1. The summed E-state index contributed by atoms with van der Waals surface area (Å²) in [5.41, 5.74) is 6.71. The quantitative estimate of drug-likeness (QED) is 0.724. The van der Waals surface area contributed by atoms with Crippen molar-refractivity contribution in [1.29, 1.82) is 0 Å². The van der Waals surface area contributed by atoms with E-state index in [0.717, 1.165) is 11.1 Å². The molecule has 1 aromatic carbocycles. The van der Waals surface area contributed by atoms with E-state index in [9.17, 15) is 9.90 Å². The molecular weight excluding hydrogens is 216 g/mol. The molecule has 17 heavy (non-hydrogen) atoms. The van der Waals surface area contributed by atoms with Crippen molar-refractivity contribution >= 4 is 5.91 Å². The van der Waals surface area contributed by atoms with E-state index >= 15 is 0 Å². The molecule has 1 aromatic rings. The van der Waals surface area contributed by atoms with E-state index in [1.54, 1.807) is 6.07 Å². The number of nitrogens with two attached hydrogens (primary N) is 1. The van der Waals surface area contributed by atoms with Crippen molar-refractivity contribution in [2.75, 3.05) is 0 Å². The average Bonchev–Trinajstić information content (AvgIpc) is 2.17. The van der Waals surface area contributed by atoms with Gasteiger partial charge in [0.2, 0.25) is 5.91 Å². The molecule has 94 valence electrons. The summed E-state index contributed by atoms with van der Waals surface area (Å²) in [5.74, 6) is -0.0751. The minimum absolute atomic E-state index is 0.262. The summed E-state index contributed by atoms with van der Waals surface area (Å²) in [7, 11) is 0. The van der Waals surface area contributed by atoms with Crippen LogP contribution in [0.2, 0.25) is 0 Å².